The average molecular weight is 363 g/mol. The van der Waals surface area contributed by atoms with Crippen LogP contribution < -0.4 is 5.32 Å². The molecule has 16 heavy (non-hydrogen) atoms. The molecule has 0 saturated carbocycles. The molecule has 0 aliphatic rings. The first kappa shape index (κ1) is 12.0. The van der Waals surface area contributed by atoms with E-state index >= 15 is 0 Å². The summed E-state index contributed by atoms with van der Waals surface area (Å²) >= 11 is 8.23. The summed E-state index contributed by atoms with van der Waals surface area (Å²) in [5.74, 6) is 0. The molecule has 0 spiro atoms. The molecule has 6 heteroatoms. The summed E-state index contributed by atoms with van der Waals surface area (Å²) in [5, 5.41) is 12.0. The second-order valence-corrected chi connectivity index (χ2v) is 6.31. The van der Waals surface area contributed by atoms with E-state index in [9.17, 15) is 0 Å². The molecule has 0 bridgehead atoms. The number of nitrogens with zero attached hydrogens (tertiary/aromatic N) is 2. The van der Waals surface area contributed by atoms with Crippen LogP contribution in [0.15, 0.2) is 26.6 Å². The minimum atomic E-state index is 0.783. The molecule has 0 aliphatic heterocycles. The lowest BCUT2D eigenvalue weighted by Crippen LogP contribution is -1.94. The normalized spacial score (nSPS) is 10.4. The van der Waals surface area contributed by atoms with Gasteiger partial charge in [0.25, 0.3) is 0 Å². The summed E-state index contributed by atoms with van der Waals surface area (Å²) in [7, 11) is 0. The first-order valence-corrected chi connectivity index (χ1v) is 7.13. The quantitative estimate of drug-likeness (QED) is 0.880. The molecule has 0 amide bonds. The van der Waals surface area contributed by atoms with Gasteiger partial charge in [0.1, 0.15) is 0 Å². The van der Waals surface area contributed by atoms with Crippen LogP contribution in [0.3, 0.4) is 0 Å². The Morgan fingerprint density at radius 3 is 2.75 bits per heavy atom. The van der Waals surface area contributed by atoms with Crippen LogP contribution in [0.1, 0.15) is 12.5 Å². The maximum absolute atomic E-state index is 4.01. The number of aryl methyl sites for hydroxylation is 1. The zero-order valence-corrected chi connectivity index (χ0v) is 12.5. The van der Waals surface area contributed by atoms with E-state index < -0.39 is 0 Å². The smallest absolute Gasteiger partial charge is 0.210 e. The van der Waals surface area contributed by atoms with Gasteiger partial charge in [0.05, 0.1) is 0 Å². The second kappa shape index (κ2) is 5.25. The Balaban J connectivity index is 2.27. The van der Waals surface area contributed by atoms with E-state index in [-0.39, 0.29) is 0 Å². The van der Waals surface area contributed by atoms with Crippen LogP contribution in [0.2, 0.25) is 0 Å². The van der Waals surface area contributed by atoms with Crippen molar-refractivity contribution in [3.05, 3.63) is 32.2 Å². The molecule has 0 unspecified atom stereocenters. The van der Waals surface area contributed by atoms with E-state index in [4.69, 9.17) is 0 Å². The standard InChI is InChI=1S/C10H9Br2N3S/c1-2-6-5-7(11)3-4-8(6)13-10-15-14-9(12)16-10/h3-5H,2H2,1H3,(H,13,15). The molecular formula is C10H9Br2N3S. The van der Waals surface area contributed by atoms with E-state index in [2.05, 4.69) is 60.4 Å². The van der Waals surface area contributed by atoms with Gasteiger partial charge in [-0.3, -0.25) is 0 Å². The van der Waals surface area contributed by atoms with Crippen LogP contribution in [-0.2, 0) is 6.42 Å². The highest BCUT2D eigenvalue weighted by Gasteiger charge is 2.05. The van der Waals surface area contributed by atoms with Crippen LogP contribution in [-0.4, -0.2) is 10.2 Å². The molecule has 1 N–H and O–H groups in total. The summed E-state index contributed by atoms with van der Waals surface area (Å²) in [6, 6.07) is 6.16. The number of benzene rings is 1. The fraction of sp³-hybridized carbons (Fsp3) is 0.200. The third-order valence-corrected chi connectivity index (χ3v) is 3.85. The van der Waals surface area contributed by atoms with Crippen LogP contribution >= 0.6 is 43.2 Å². The Morgan fingerprint density at radius 1 is 1.31 bits per heavy atom. The van der Waals surface area contributed by atoms with Gasteiger partial charge < -0.3 is 5.32 Å². The van der Waals surface area contributed by atoms with E-state index in [1.807, 2.05) is 12.1 Å². The van der Waals surface area contributed by atoms with Crippen molar-refractivity contribution in [1.29, 1.82) is 0 Å². The average Bonchev–Trinajstić information content (AvgIpc) is 2.67. The van der Waals surface area contributed by atoms with Crippen molar-refractivity contribution in [3.63, 3.8) is 0 Å². The SMILES string of the molecule is CCc1cc(Br)ccc1Nc1nnc(Br)s1. The van der Waals surface area contributed by atoms with Crippen molar-refractivity contribution in [2.24, 2.45) is 0 Å². The first-order valence-electron chi connectivity index (χ1n) is 4.73. The molecule has 0 atom stereocenters. The van der Waals surface area contributed by atoms with Gasteiger partial charge >= 0.3 is 0 Å². The fourth-order valence-corrected chi connectivity index (χ4v) is 2.78. The number of anilines is 2. The highest BCUT2D eigenvalue weighted by Crippen LogP contribution is 2.27. The lowest BCUT2D eigenvalue weighted by Gasteiger charge is -2.08. The van der Waals surface area contributed by atoms with Crippen molar-refractivity contribution < 1.29 is 0 Å². The van der Waals surface area contributed by atoms with Crippen molar-refractivity contribution in [1.82, 2.24) is 10.2 Å². The molecule has 1 heterocycles. The highest BCUT2D eigenvalue weighted by atomic mass is 79.9. The molecule has 0 fully saturated rings. The first-order chi connectivity index (χ1) is 7.69. The highest BCUT2D eigenvalue weighted by molar-refractivity contribution is 9.11. The maximum Gasteiger partial charge on any atom is 0.210 e. The van der Waals surface area contributed by atoms with Gasteiger partial charge in [-0.05, 0) is 46.1 Å². The number of hydrogen-bond donors (Lipinski definition) is 1. The van der Waals surface area contributed by atoms with Gasteiger partial charge in [0, 0.05) is 10.2 Å². The van der Waals surface area contributed by atoms with Crippen LogP contribution in [0.4, 0.5) is 10.8 Å². The van der Waals surface area contributed by atoms with E-state index in [0.29, 0.717) is 0 Å². The van der Waals surface area contributed by atoms with Crippen molar-refractivity contribution in [2.45, 2.75) is 13.3 Å². The van der Waals surface area contributed by atoms with E-state index in [1.54, 1.807) is 0 Å². The Hall–Kier alpha value is -0.460. The van der Waals surface area contributed by atoms with Gasteiger partial charge in [0.2, 0.25) is 5.13 Å². The maximum atomic E-state index is 4.01. The third kappa shape index (κ3) is 2.81. The van der Waals surface area contributed by atoms with Gasteiger partial charge in [-0.15, -0.1) is 10.2 Å². The van der Waals surface area contributed by atoms with Crippen LogP contribution in [0.25, 0.3) is 0 Å². The predicted molar refractivity (Wildman–Crippen MR) is 74.4 cm³/mol. The zero-order valence-electron chi connectivity index (χ0n) is 8.50. The molecule has 3 nitrogen and oxygen atoms in total. The number of nitrogens with one attached hydrogen (secondary N) is 1. The lowest BCUT2D eigenvalue weighted by molar-refractivity contribution is 1.07. The van der Waals surface area contributed by atoms with Gasteiger partial charge in [-0.1, -0.05) is 34.2 Å². The second-order valence-electron chi connectivity index (χ2n) is 3.14. The summed E-state index contributed by atoms with van der Waals surface area (Å²) in [5.41, 5.74) is 2.33. The zero-order chi connectivity index (χ0) is 11.5. The summed E-state index contributed by atoms with van der Waals surface area (Å²) < 4.78 is 1.87. The molecule has 0 saturated heterocycles. The number of rotatable bonds is 3. The van der Waals surface area contributed by atoms with Crippen molar-refractivity contribution in [3.8, 4) is 0 Å². The topological polar surface area (TPSA) is 37.8 Å². The molecule has 84 valence electrons. The van der Waals surface area contributed by atoms with E-state index in [0.717, 1.165) is 25.6 Å². The Kier molecular flexibility index (Phi) is 3.94. The summed E-state index contributed by atoms with van der Waals surface area (Å²) in [4.78, 5) is 0. The third-order valence-electron chi connectivity index (χ3n) is 2.09. The van der Waals surface area contributed by atoms with Crippen LogP contribution in [0, 0.1) is 0 Å². The molecular weight excluding hydrogens is 354 g/mol. The molecule has 1 aromatic heterocycles. The Bertz CT molecular complexity index is 499. The summed E-state index contributed by atoms with van der Waals surface area (Å²) in [6.45, 7) is 2.13. The van der Waals surface area contributed by atoms with Crippen molar-refractivity contribution in [2.75, 3.05) is 5.32 Å². The fourth-order valence-electron chi connectivity index (χ4n) is 1.35. The number of halogens is 2. The number of aromatic nitrogens is 2. The predicted octanol–water partition coefficient (Wildman–Crippen LogP) is 4.37. The summed E-state index contributed by atoms with van der Waals surface area (Å²) in [6.07, 6.45) is 0.974. The van der Waals surface area contributed by atoms with Crippen molar-refractivity contribution >= 4 is 54.0 Å². The molecule has 1 aromatic carbocycles. The molecule has 0 aliphatic carbocycles. The Morgan fingerprint density at radius 2 is 2.12 bits per heavy atom. The minimum Gasteiger partial charge on any atom is -0.330 e. The molecule has 2 rings (SSSR count). The van der Waals surface area contributed by atoms with Gasteiger partial charge in [-0.25, -0.2) is 0 Å². The van der Waals surface area contributed by atoms with Gasteiger partial charge in [0.15, 0.2) is 3.92 Å². The largest absolute Gasteiger partial charge is 0.330 e. The lowest BCUT2D eigenvalue weighted by atomic mass is 10.1. The number of hydrogen-bond acceptors (Lipinski definition) is 4. The molecule has 2 aromatic rings. The monoisotopic (exact) mass is 361 g/mol. The Labute approximate surface area is 115 Å². The minimum absolute atomic E-state index is 0.783. The molecule has 0 radical (unpaired) electrons. The van der Waals surface area contributed by atoms with Crippen LogP contribution in [0.5, 0.6) is 0 Å². The van der Waals surface area contributed by atoms with Gasteiger partial charge in [-0.2, -0.15) is 0 Å². The van der Waals surface area contributed by atoms with E-state index in [1.165, 1.54) is 16.9 Å².